The molecule has 29 heavy (non-hydrogen) atoms. The summed E-state index contributed by atoms with van der Waals surface area (Å²) in [7, 11) is 0. The molecule has 0 amide bonds. The average Bonchev–Trinajstić information content (AvgIpc) is 3.36. The van der Waals surface area contributed by atoms with Gasteiger partial charge in [0.25, 0.3) is 5.56 Å². The third-order valence-electron chi connectivity index (χ3n) is 6.32. The maximum atomic E-state index is 12.8. The molecule has 1 fully saturated rings. The first-order valence-electron chi connectivity index (χ1n) is 10.7. The van der Waals surface area contributed by atoms with E-state index in [1.54, 1.807) is 11.3 Å². The zero-order chi connectivity index (χ0) is 20.0. The second-order valence-corrected chi connectivity index (χ2v) is 9.67. The zero-order valence-electron chi connectivity index (χ0n) is 17.1. The molecule has 2 aromatic heterocycles. The van der Waals surface area contributed by atoms with Crippen LogP contribution in [0.3, 0.4) is 0 Å². The van der Waals surface area contributed by atoms with E-state index in [4.69, 9.17) is 4.98 Å². The number of hydrogen-bond donors (Lipinski definition) is 2. The molecule has 5 rings (SSSR count). The van der Waals surface area contributed by atoms with Crippen molar-refractivity contribution < 1.29 is 0 Å². The van der Waals surface area contributed by atoms with Crippen LogP contribution in [0.2, 0.25) is 0 Å². The lowest BCUT2D eigenvalue weighted by molar-refractivity contribution is 0.509. The van der Waals surface area contributed by atoms with Crippen molar-refractivity contribution in [1.29, 1.82) is 0 Å². The summed E-state index contributed by atoms with van der Waals surface area (Å²) in [5.74, 6) is 1.40. The fraction of sp³-hybridized carbons (Fsp3) is 0.478. The van der Waals surface area contributed by atoms with Crippen LogP contribution in [-0.4, -0.2) is 23.1 Å². The second kappa shape index (κ2) is 7.48. The molecule has 152 valence electrons. The van der Waals surface area contributed by atoms with Gasteiger partial charge in [0.1, 0.15) is 10.7 Å². The number of H-pyrrole nitrogens is 1. The molecule has 3 aromatic rings. The average molecular weight is 409 g/mol. The van der Waals surface area contributed by atoms with Crippen molar-refractivity contribution in [3.05, 3.63) is 50.9 Å². The van der Waals surface area contributed by atoms with Crippen LogP contribution in [-0.2, 0) is 12.8 Å². The molecule has 0 spiro atoms. The topological polar surface area (TPSA) is 61.0 Å². The van der Waals surface area contributed by atoms with Gasteiger partial charge in [-0.15, -0.1) is 11.3 Å². The van der Waals surface area contributed by atoms with Crippen LogP contribution in [0.1, 0.15) is 55.4 Å². The quantitative estimate of drug-likeness (QED) is 0.646. The number of anilines is 2. The van der Waals surface area contributed by atoms with Gasteiger partial charge in [-0.05, 0) is 74.8 Å². The molecule has 2 N–H and O–H groups in total. The molecule has 0 radical (unpaired) electrons. The van der Waals surface area contributed by atoms with E-state index in [1.165, 1.54) is 29.0 Å². The Hall–Kier alpha value is -2.34. The Labute approximate surface area is 175 Å². The summed E-state index contributed by atoms with van der Waals surface area (Å²) >= 11 is 1.71. The predicted molar refractivity (Wildman–Crippen MR) is 121 cm³/mol. The minimum atomic E-state index is -0.0669. The van der Waals surface area contributed by atoms with E-state index in [2.05, 4.69) is 46.4 Å². The molecule has 2 aliphatic rings. The summed E-state index contributed by atoms with van der Waals surface area (Å²) < 4.78 is 0. The zero-order valence-corrected chi connectivity index (χ0v) is 17.9. The summed E-state index contributed by atoms with van der Waals surface area (Å²) in [4.78, 5) is 25.4. The van der Waals surface area contributed by atoms with Gasteiger partial charge in [0.05, 0.1) is 11.4 Å². The van der Waals surface area contributed by atoms with Gasteiger partial charge in [-0.3, -0.25) is 4.79 Å². The van der Waals surface area contributed by atoms with E-state index < -0.39 is 0 Å². The molecular weight excluding hydrogens is 380 g/mol. The van der Waals surface area contributed by atoms with Gasteiger partial charge in [0.15, 0.2) is 0 Å². The lowest BCUT2D eigenvalue weighted by atomic mass is 9.89. The van der Waals surface area contributed by atoms with Crippen molar-refractivity contribution in [2.45, 2.75) is 52.0 Å². The Morgan fingerprint density at radius 1 is 1.24 bits per heavy atom. The van der Waals surface area contributed by atoms with Crippen molar-refractivity contribution in [2.75, 3.05) is 23.3 Å². The van der Waals surface area contributed by atoms with Gasteiger partial charge in [0, 0.05) is 29.3 Å². The highest BCUT2D eigenvalue weighted by atomic mass is 32.1. The Morgan fingerprint density at radius 3 is 2.76 bits per heavy atom. The molecule has 2 atom stereocenters. The van der Waals surface area contributed by atoms with Gasteiger partial charge in [-0.2, -0.15) is 0 Å². The first kappa shape index (κ1) is 18.7. The lowest BCUT2D eigenvalue weighted by Crippen LogP contribution is -2.19. The number of aromatic nitrogens is 2. The number of fused-ring (bicyclic) bond motifs is 3. The number of thiophene rings is 1. The highest BCUT2D eigenvalue weighted by Crippen LogP contribution is 2.36. The fourth-order valence-corrected chi connectivity index (χ4v) is 6.02. The normalized spacial score (nSPS) is 20.1. The third-order valence-corrected chi connectivity index (χ3v) is 7.46. The van der Waals surface area contributed by atoms with Crippen molar-refractivity contribution in [3.63, 3.8) is 0 Å². The fourth-order valence-electron chi connectivity index (χ4n) is 4.63. The summed E-state index contributed by atoms with van der Waals surface area (Å²) in [6.07, 6.45) is 5.79. The predicted octanol–water partition coefficient (Wildman–Crippen LogP) is 4.88. The third kappa shape index (κ3) is 3.54. The lowest BCUT2D eigenvalue weighted by Gasteiger charge is -2.19. The van der Waals surface area contributed by atoms with Gasteiger partial charge in [-0.1, -0.05) is 6.92 Å². The van der Waals surface area contributed by atoms with E-state index in [9.17, 15) is 4.79 Å². The number of aromatic amines is 1. The first-order valence-corrected chi connectivity index (χ1v) is 11.6. The number of rotatable bonds is 4. The monoisotopic (exact) mass is 408 g/mol. The molecule has 5 nitrogen and oxygen atoms in total. The molecule has 1 aliphatic carbocycles. The molecule has 0 unspecified atom stereocenters. The van der Waals surface area contributed by atoms with Crippen LogP contribution >= 0.6 is 11.3 Å². The molecule has 1 aromatic carbocycles. The molecular formula is C23H28N4OS. The number of hydrogen-bond acceptors (Lipinski definition) is 5. The van der Waals surface area contributed by atoms with E-state index in [1.807, 2.05) is 6.92 Å². The van der Waals surface area contributed by atoms with Crippen molar-refractivity contribution in [1.82, 2.24) is 9.97 Å². The van der Waals surface area contributed by atoms with E-state index in [0.717, 1.165) is 48.3 Å². The van der Waals surface area contributed by atoms with E-state index >= 15 is 0 Å². The van der Waals surface area contributed by atoms with Crippen LogP contribution in [0, 0.1) is 5.92 Å². The summed E-state index contributed by atoms with van der Waals surface area (Å²) in [6.45, 7) is 6.64. The number of aryl methyl sites for hydroxylation is 1. The van der Waals surface area contributed by atoms with Crippen LogP contribution < -0.4 is 15.8 Å². The van der Waals surface area contributed by atoms with Gasteiger partial charge < -0.3 is 15.2 Å². The Balaban J connectivity index is 1.38. The highest BCUT2D eigenvalue weighted by molar-refractivity contribution is 7.18. The van der Waals surface area contributed by atoms with Crippen LogP contribution in [0.4, 0.5) is 11.4 Å². The number of nitrogens with one attached hydrogen (secondary N) is 2. The SMILES string of the molecule is C[C@H]1CCc2c(sc3nc([C@H](C)Nc4ccc(N5CCCC5)cc4)[nH]c(=O)c23)C1. The number of nitrogens with zero attached hydrogens (tertiary/aromatic N) is 2. The minimum absolute atomic E-state index is 0.00934. The molecule has 1 saturated heterocycles. The minimum Gasteiger partial charge on any atom is -0.375 e. The number of benzene rings is 1. The van der Waals surface area contributed by atoms with Crippen LogP contribution in [0.15, 0.2) is 29.1 Å². The maximum absolute atomic E-state index is 12.8. The first-order chi connectivity index (χ1) is 14.1. The molecule has 0 bridgehead atoms. The molecule has 0 saturated carbocycles. The van der Waals surface area contributed by atoms with E-state index in [0.29, 0.717) is 11.7 Å². The summed E-state index contributed by atoms with van der Waals surface area (Å²) in [5.41, 5.74) is 3.58. The van der Waals surface area contributed by atoms with Crippen LogP contribution in [0.25, 0.3) is 10.2 Å². The van der Waals surface area contributed by atoms with E-state index in [-0.39, 0.29) is 11.6 Å². The molecule has 3 heterocycles. The van der Waals surface area contributed by atoms with Gasteiger partial charge in [0.2, 0.25) is 0 Å². The van der Waals surface area contributed by atoms with Gasteiger partial charge in [-0.25, -0.2) is 4.98 Å². The summed E-state index contributed by atoms with van der Waals surface area (Å²) in [5, 5.41) is 4.31. The van der Waals surface area contributed by atoms with Crippen LogP contribution in [0.5, 0.6) is 0 Å². The smallest absolute Gasteiger partial charge is 0.259 e. The largest absolute Gasteiger partial charge is 0.375 e. The maximum Gasteiger partial charge on any atom is 0.259 e. The Bertz CT molecular complexity index is 1080. The van der Waals surface area contributed by atoms with Crippen molar-refractivity contribution in [3.8, 4) is 0 Å². The van der Waals surface area contributed by atoms with Gasteiger partial charge >= 0.3 is 0 Å². The van der Waals surface area contributed by atoms with Crippen molar-refractivity contribution in [2.24, 2.45) is 5.92 Å². The summed E-state index contributed by atoms with van der Waals surface area (Å²) in [6, 6.07) is 8.52. The Kier molecular flexibility index (Phi) is 4.82. The molecule has 1 aliphatic heterocycles. The molecule has 6 heteroatoms. The Morgan fingerprint density at radius 2 is 2.00 bits per heavy atom. The van der Waals surface area contributed by atoms with Crippen molar-refractivity contribution >= 4 is 32.9 Å². The highest BCUT2D eigenvalue weighted by Gasteiger charge is 2.23. The standard InChI is InChI=1S/C23H28N4OS/c1-14-5-10-18-19(13-14)29-23-20(18)22(28)25-21(26-23)15(2)24-16-6-8-17(9-7-16)27-11-3-4-12-27/h6-9,14-15,24H,3-5,10-13H2,1-2H3,(H,25,26,28)/t14-,15-/m0/s1. The second-order valence-electron chi connectivity index (χ2n) is 8.59.